The number of hydrazine groups is 2. The minimum atomic E-state index is -0.932. The Bertz CT molecular complexity index is 797. The number of carbonyl (C=O) groups is 3. The van der Waals surface area contributed by atoms with Gasteiger partial charge >= 0.3 is 12.1 Å². The van der Waals surface area contributed by atoms with E-state index in [1.165, 1.54) is 6.07 Å². The standard InChI is InChI=1S/C16H16N4O6/c21-12-7-6-11(8-13(12)22)14(23)17-18-15(24)19-20-16(25)26-9-10-4-2-1-3-5-10/h1-8,21-22H,9H2,(H,17,23)(H,20,25)(H2,18,19,24). The van der Waals surface area contributed by atoms with E-state index in [4.69, 9.17) is 9.84 Å². The second-order valence-corrected chi connectivity index (χ2v) is 4.92. The first kappa shape index (κ1) is 18.4. The van der Waals surface area contributed by atoms with E-state index in [0.29, 0.717) is 0 Å². The van der Waals surface area contributed by atoms with Crippen molar-refractivity contribution in [1.82, 2.24) is 21.7 Å². The Hall–Kier alpha value is -3.95. The second-order valence-electron chi connectivity index (χ2n) is 4.92. The van der Waals surface area contributed by atoms with Crippen LogP contribution in [0.2, 0.25) is 0 Å². The maximum absolute atomic E-state index is 11.8. The molecule has 10 nitrogen and oxygen atoms in total. The topological polar surface area (TPSA) is 149 Å². The average Bonchev–Trinajstić information content (AvgIpc) is 2.65. The van der Waals surface area contributed by atoms with E-state index in [1.807, 2.05) is 27.8 Å². The van der Waals surface area contributed by atoms with E-state index in [-0.39, 0.29) is 17.9 Å². The van der Waals surface area contributed by atoms with Crippen LogP contribution in [0.15, 0.2) is 48.5 Å². The number of amides is 4. The predicted octanol–water partition coefficient (Wildman–Crippen LogP) is 0.883. The summed E-state index contributed by atoms with van der Waals surface area (Å²) in [6, 6.07) is 11.4. The Morgan fingerprint density at radius 2 is 1.54 bits per heavy atom. The fraction of sp³-hybridized carbons (Fsp3) is 0.0625. The quantitative estimate of drug-likeness (QED) is 0.353. The first-order chi connectivity index (χ1) is 12.5. The van der Waals surface area contributed by atoms with Crippen molar-refractivity contribution < 1.29 is 29.3 Å². The molecule has 0 fully saturated rings. The molecule has 0 heterocycles. The lowest BCUT2D eigenvalue weighted by molar-refractivity contribution is 0.0935. The number of carbonyl (C=O) groups excluding carboxylic acids is 3. The summed E-state index contributed by atoms with van der Waals surface area (Å²) in [5.74, 6) is -1.61. The summed E-state index contributed by atoms with van der Waals surface area (Å²) in [5.41, 5.74) is 8.74. The summed E-state index contributed by atoms with van der Waals surface area (Å²) in [6.07, 6.45) is -0.890. The van der Waals surface area contributed by atoms with Crippen LogP contribution in [0.5, 0.6) is 11.5 Å². The van der Waals surface area contributed by atoms with Crippen molar-refractivity contribution in [1.29, 1.82) is 0 Å². The molecule has 0 aliphatic heterocycles. The van der Waals surface area contributed by atoms with Crippen LogP contribution in [0.1, 0.15) is 15.9 Å². The third kappa shape index (κ3) is 5.60. The van der Waals surface area contributed by atoms with Crippen LogP contribution in [0.25, 0.3) is 0 Å². The van der Waals surface area contributed by atoms with Gasteiger partial charge in [0.25, 0.3) is 5.91 Å². The molecule has 6 N–H and O–H groups in total. The minimum absolute atomic E-state index is 0.00386. The third-order valence-electron chi connectivity index (χ3n) is 3.02. The van der Waals surface area contributed by atoms with Gasteiger partial charge in [0.2, 0.25) is 0 Å². The maximum atomic E-state index is 11.8. The van der Waals surface area contributed by atoms with E-state index >= 15 is 0 Å². The zero-order chi connectivity index (χ0) is 18.9. The zero-order valence-electron chi connectivity index (χ0n) is 13.4. The van der Waals surface area contributed by atoms with Crippen molar-refractivity contribution in [2.45, 2.75) is 6.61 Å². The molecule has 0 saturated heterocycles. The number of urea groups is 1. The molecule has 2 aromatic carbocycles. The molecule has 2 aromatic rings. The van der Waals surface area contributed by atoms with E-state index in [9.17, 15) is 19.5 Å². The monoisotopic (exact) mass is 360 g/mol. The predicted molar refractivity (Wildman–Crippen MR) is 88.7 cm³/mol. The molecule has 0 saturated carbocycles. The number of phenolic OH excluding ortho intramolecular Hbond substituents is 2. The van der Waals surface area contributed by atoms with Crippen LogP contribution < -0.4 is 21.7 Å². The van der Waals surface area contributed by atoms with Crippen LogP contribution in [0.3, 0.4) is 0 Å². The van der Waals surface area contributed by atoms with Gasteiger partial charge in [0.1, 0.15) is 6.61 Å². The van der Waals surface area contributed by atoms with Crippen molar-refractivity contribution >= 4 is 18.0 Å². The molecule has 0 radical (unpaired) electrons. The minimum Gasteiger partial charge on any atom is -0.504 e. The van der Waals surface area contributed by atoms with Gasteiger partial charge in [0.05, 0.1) is 0 Å². The number of aromatic hydroxyl groups is 2. The van der Waals surface area contributed by atoms with Gasteiger partial charge in [0.15, 0.2) is 11.5 Å². The molecule has 4 amide bonds. The van der Waals surface area contributed by atoms with Gasteiger partial charge in [-0.15, -0.1) is 0 Å². The third-order valence-corrected chi connectivity index (χ3v) is 3.02. The Morgan fingerprint density at radius 3 is 2.23 bits per heavy atom. The van der Waals surface area contributed by atoms with Gasteiger partial charge in [-0.05, 0) is 23.8 Å². The molecule has 0 atom stereocenters. The van der Waals surface area contributed by atoms with Gasteiger partial charge < -0.3 is 14.9 Å². The number of hydrogen-bond acceptors (Lipinski definition) is 6. The van der Waals surface area contributed by atoms with Crippen molar-refractivity contribution in [3.63, 3.8) is 0 Å². The van der Waals surface area contributed by atoms with Gasteiger partial charge in [-0.25, -0.2) is 25.9 Å². The molecule has 0 unspecified atom stereocenters. The van der Waals surface area contributed by atoms with E-state index in [1.54, 1.807) is 24.3 Å². The maximum Gasteiger partial charge on any atom is 0.426 e. The normalized spacial score (nSPS) is 9.69. The van der Waals surface area contributed by atoms with Gasteiger partial charge in [-0.3, -0.25) is 10.2 Å². The lowest BCUT2D eigenvalue weighted by Gasteiger charge is -2.10. The summed E-state index contributed by atoms with van der Waals surface area (Å²) >= 11 is 0. The van der Waals surface area contributed by atoms with Crippen molar-refractivity contribution in [2.24, 2.45) is 0 Å². The summed E-state index contributed by atoms with van der Waals surface area (Å²) < 4.78 is 4.87. The van der Waals surface area contributed by atoms with E-state index in [0.717, 1.165) is 17.7 Å². The van der Waals surface area contributed by atoms with Crippen molar-refractivity contribution in [3.05, 3.63) is 59.7 Å². The smallest absolute Gasteiger partial charge is 0.426 e. The lowest BCUT2D eigenvalue weighted by Crippen LogP contribution is -2.52. The highest BCUT2D eigenvalue weighted by molar-refractivity contribution is 5.95. The highest BCUT2D eigenvalue weighted by Crippen LogP contribution is 2.24. The van der Waals surface area contributed by atoms with E-state index in [2.05, 4.69) is 0 Å². The Balaban J connectivity index is 1.68. The van der Waals surface area contributed by atoms with Crippen molar-refractivity contribution in [3.8, 4) is 11.5 Å². The van der Waals surface area contributed by atoms with Crippen LogP contribution >= 0.6 is 0 Å². The molecule has 0 aliphatic rings. The Labute approximate surface area is 147 Å². The SMILES string of the molecule is O=C(NNC(=O)OCc1ccccc1)NNC(=O)c1ccc(O)c(O)c1. The largest absolute Gasteiger partial charge is 0.504 e. The number of rotatable bonds is 3. The summed E-state index contributed by atoms with van der Waals surface area (Å²) in [6.45, 7) is 0.0249. The number of hydrogen-bond donors (Lipinski definition) is 6. The Kier molecular flexibility index (Phi) is 6.21. The fourth-order valence-corrected chi connectivity index (χ4v) is 1.75. The van der Waals surface area contributed by atoms with Gasteiger partial charge in [-0.1, -0.05) is 30.3 Å². The molecule has 10 heteroatoms. The summed E-state index contributed by atoms with van der Waals surface area (Å²) in [4.78, 5) is 34.7. The average molecular weight is 360 g/mol. The zero-order valence-corrected chi connectivity index (χ0v) is 13.4. The molecule has 0 bridgehead atoms. The molecule has 0 spiro atoms. The van der Waals surface area contributed by atoms with E-state index < -0.39 is 23.8 Å². The van der Waals surface area contributed by atoms with Crippen LogP contribution in [0.4, 0.5) is 9.59 Å². The van der Waals surface area contributed by atoms with Gasteiger partial charge in [-0.2, -0.15) is 0 Å². The van der Waals surface area contributed by atoms with Crippen molar-refractivity contribution in [2.75, 3.05) is 0 Å². The number of ether oxygens (including phenoxy) is 1. The molecule has 2 rings (SSSR count). The van der Waals surface area contributed by atoms with Crippen LogP contribution in [-0.2, 0) is 11.3 Å². The fourth-order valence-electron chi connectivity index (χ4n) is 1.75. The Morgan fingerprint density at radius 1 is 0.846 bits per heavy atom. The number of benzene rings is 2. The molecular formula is C16H16N4O6. The second kappa shape index (κ2) is 8.78. The number of nitrogens with one attached hydrogen (secondary N) is 4. The highest BCUT2D eigenvalue weighted by Gasteiger charge is 2.10. The molecule has 136 valence electrons. The summed E-state index contributed by atoms with van der Waals surface area (Å²) in [5, 5.41) is 18.5. The van der Waals surface area contributed by atoms with Crippen LogP contribution in [-0.4, -0.2) is 28.2 Å². The molecule has 0 aromatic heterocycles. The molecular weight excluding hydrogens is 344 g/mol. The summed E-state index contributed by atoms with van der Waals surface area (Å²) in [7, 11) is 0. The number of phenols is 2. The molecule has 0 aliphatic carbocycles. The molecule has 26 heavy (non-hydrogen) atoms. The highest BCUT2D eigenvalue weighted by atomic mass is 16.6. The first-order valence-electron chi connectivity index (χ1n) is 7.30. The van der Waals surface area contributed by atoms with Crippen LogP contribution in [0, 0.1) is 0 Å². The lowest BCUT2D eigenvalue weighted by atomic mass is 10.2. The first-order valence-corrected chi connectivity index (χ1v) is 7.30. The van der Waals surface area contributed by atoms with Gasteiger partial charge in [0, 0.05) is 5.56 Å².